The monoisotopic (exact) mass is 340 g/mol. The van der Waals surface area contributed by atoms with Crippen molar-refractivity contribution in [2.75, 3.05) is 32.8 Å². The van der Waals surface area contributed by atoms with Crippen molar-refractivity contribution in [2.45, 2.75) is 25.9 Å². The Morgan fingerprint density at radius 2 is 2.39 bits per heavy atom. The molecular formula is C17H25ClN2O3. The van der Waals surface area contributed by atoms with Crippen molar-refractivity contribution in [3.8, 4) is 0 Å². The van der Waals surface area contributed by atoms with Gasteiger partial charge in [-0.3, -0.25) is 0 Å². The molecule has 0 bridgehead atoms. The van der Waals surface area contributed by atoms with Crippen LogP contribution in [0.15, 0.2) is 24.3 Å². The molecular weight excluding hydrogens is 316 g/mol. The SMILES string of the molecule is CCOC(=O)NCCO[C@@H](c1cccc(Cl)c1)[C@@H]1CCCNC1. The van der Waals surface area contributed by atoms with E-state index in [0.29, 0.717) is 30.7 Å². The molecule has 0 spiro atoms. The first-order chi connectivity index (χ1) is 11.2. The van der Waals surface area contributed by atoms with E-state index in [1.165, 1.54) is 0 Å². The third kappa shape index (κ3) is 6.01. The highest BCUT2D eigenvalue weighted by atomic mass is 35.5. The largest absolute Gasteiger partial charge is 0.450 e. The molecule has 1 heterocycles. The molecule has 2 N–H and O–H groups in total. The molecule has 1 amide bonds. The highest BCUT2D eigenvalue weighted by molar-refractivity contribution is 6.30. The number of halogens is 1. The number of carbonyl (C=O) groups is 1. The Bertz CT molecular complexity index is 492. The van der Waals surface area contributed by atoms with Crippen molar-refractivity contribution in [1.29, 1.82) is 0 Å². The standard InChI is InChI=1S/C17H25ClN2O3/c1-2-22-17(21)20-9-10-23-16(14-6-4-8-19-12-14)13-5-3-7-15(18)11-13/h3,5,7,11,14,16,19H,2,4,6,8-10,12H2,1H3,(H,20,21)/t14-,16+/m1/s1. The van der Waals surface area contributed by atoms with E-state index in [9.17, 15) is 4.79 Å². The Morgan fingerprint density at radius 3 is 3.09 bits per heavy atom. The number of alkyl carbamates (subject to hydrolysis) is 1. The van der Waals surface area contributed by atoms with Gasteiger partial charge in [0.25, 0.3) is 0 Å². The van der Waals surface area contributed by atoms with Crippen LogP contribution in [-0.2, 0) is 9.47 Å². The summed E-state index contributed by atoms with van der Waals surface area (Å²) in [6.45, 7) is 5.00. The molecule has 1 aromatic rings. The number of benzene rings is 1. The Kier molecular flexibility index (Phi) is 7.65. The molecule has 0 radical (unpaired) electrons. The van der Waals surface area contributed by atoms with Gasteiger partial charge >= 0.3 is 6.09 Å². The van der Waals surface area contributed by atoms with Gasteiger partial charge in [0, 0.05) is 24.0 Å². The van der Waals surface area contributed by atoms with E-state index in [2.05, 4.69) is 10.6 Å². The maximum atomic E-state index is 11.3. The van der Waals surface area contributed by atoms with Crippen molar-refractivity contribution in [1.82, 2.24) is 10.6 Å². The van der Waals surface area contributed by atoms with Gasteiger partial charge in [0.05, 0.1) is 19.3 Å². The second kappa shape index (κ2) is 9.75. The number of rotatable bonds is 7. The first-order valence-electron chi connectivity index (χ1n) is 8.19. The summed E-state index contributed by atoms with van der Waals surface area (Å²) in [4.78, 5) is 11.3. The zero-order valence-electron chi connectivity index (χ0n) is 13.5. The quantitative estimate of drug-likeness (QED) is 0.749. The zero-order chi connectivity index (χ0) is 16.5. The van der Waals surface area contributed by atoms with Gasteiger partial charge in [0.15, 0.2) is 0 Å². The van der Waals surface area contributed by atoms with Gasteiger partial charge in [-0.2, -0.15) is 0 Å². The van der Waals surface area contributed by atoms with Gasteiger partial charge in [-0.25, -0.2) is 4.79 Å². The number of piperidine rings is 1. The fourth-order valence-corrected chi connectivity index (χ4v) is 3.05. The van der Waals surface area contributed by atoms with Crippen LogP contribution in [0.25, 0.3) is 0 Å². The third-order valence-electron chi connectivity index (χ3n) is 3.88. The predicted molar refractivity (Wildman–Crippen MR) is 90.8 cm³/mol. The van der Waals surface area contributed by atoms with E-state index in [0.717, 1.165) is 31.5 Å². The van der Waals surface area contributed by atoms with Crippen LogP contribution in [-0.4, -0.2) is 38.9 Å². The lowest BCUT2D eigenvalue weighted by molar-refractivity contribution is 0.00457. The van der Waals surface area contributed by atoms with E-state index in [4.69, 9.17) is 21.1 Å². The maximum absolute atomic E-state index is 11.3. The molecule has 0 aromatic heterocycles. The second-order valence-electron chi connectivity index (χ2n) is 5.60. The first-order valence-corrected chi connectivity index (χ1v) is 8.57. The second-order valence-corrected chi connectivity index (χ2v) is 6.04. The van der Waals surface area contributed by atoms with Gasteiger partial charge in [0.1, 0.15) is 0 Å². The lowest BCUT2D eigenvalue weighted by atomic mass is 9.89. The fraction of sp³-hybridized carbons (Fsp3) is 0.588. The van der Waals surface area contributed by atoms with Gasteiger partial charge < -0.3 is 20.1 Å². The maximum Gasteiger partial charge on any atom is 0.407 e. The van der Waals surface area contributed by atoms with E-state index in [-0.39, 0.29) is 6.10 Å². The molecule has 1 fully saturated rings. The van der Waals surface area contributed by atoms with E-state index >= 15 is 0 Å². The Morgan fingerprint density at radius 1 is 1.52 bits per heavy atom. The van der Waals surface area contributed by atoms with Crippen LogP contribution in [0, 0.1) is 5.92 Å². The molecule has 5 nitrogen and oxygen atoms in total. The Hall–Kier alpha value is -1.30. The van der Waals surface area contributed by atoms with Crippen molar-refractivity contribution in [3.05, 3.63) is 34.9 Å². The molecule has 0 aliphatic carbocycles. The number of carbonyl (C=O) groups excluding carboxylic acids is 1. The number of nitrogens with one attached hydrogen (secondary N) is 2. The Labute approximate surface area is 142 Å². The van der Waals surface area contributed by atoms with Crippen molar-refractivity contribution in [3.63, 3.8) is 0 Å². The van der Waals surface area contributed by atoms with Crippen molar-refractivity contribution < 1.29 is 14.3 Å². The highest BCUT2D eigenvalue weighted by Gasteiger charge is 2.25. The smallest absolute Gasteiger partial charge is 0.407 e. The van der Waals surface area contributed by atoms with Crippen molar-refractivity contribution in [2.24, 2.45) is 5.92 Å². The summed E-state index contributed by atoms with van der Waals surface area (Å²) in [5.41, 5.74) is 1.09. The van der Waals surface area contributed by atoms with Crippen LogP contribution in [0.3, 0.4) is 0 Å². The molecule has 0 unspecified atom stereocenters. The molecule has 23 heavy (non-hydrogen) atoms. The minimum atomic E-state index is -0.408. The first kappa shape index (κ1) is 18.0. The third-order valence-corrected chi connectivity index (χ3v) is 4.12. The minimum Gasteiger partial charge on any atom is -0.450 e. The number of hydrogen-bond acceptors (Lipinski definition) is 4. The number of amides is 1. The van der Waals surface area contributed by atoms with Crippen LogP contribution >= 0.6 is 11.6 Å². The van der Waals surface area contributed by atoms with Crippen LogP contribution < -0.4 is 10.6 Å². The topological polar surface area (TPSA) is 59.6 Å². The fourth-order valence-electron chi connectivity index (χ4n) is 2.85. The Balaban J connectivity index is 1.92. The van der Waals surface area contributed by atoms with Crippen molar-refractivity contribution >= 4 is 17.7 Å². The average molecular weight is 341 g/mol. The van der Waals surface area contributed by atoms with Crippen LogP contribution in [0.5, 0.6) is 0 Å². The molecule has 2 rings (SSSR count). The summed E-state index contributed by atoms with van der Waals surface area (Å²) >= 11 is 6.12. The molecule has 1 aromatic carbocycles. The summed E-state index contributed by atoms with van der Waals surface area (Å²) in [7, 11) is 0. The van der Waals surface area contributed by atoms with Gasteiger partial charge in [0.2, 0.25) is 0 Å². The number of hydrogen-bond donors (Lipinski definition) is 2. The summed E-state index contributed by atoms with van der Waals surface area (Å²) in [5, 5.41) is 6.81. The molecule has 1 aliphatic heterocycles. The molecule has 0 saturated carbocycles. The lowest BCUT2D eigenvalue weighted by Gasteiger charge is -2.31. The van der Waals surface area contributed by atoms with E-state index in [1.807, 2.05) is 24.3 Å². The zero-order valence-corrected chi connectivity index (χ0v) is 14.3. The van der Waals surface area contributed by atoms with Gasteiger partial charge in [-0.15, -0.1) is 0 Å². The lowest BCUT2D eigenvalue weighted by Crippen LogP contribution is -2.35. The minimum absolute atomic E-state index is 0.0227. The molecule has 128 valence electrons. The predicted octanol–water partition coefficient (Wildman–Crippen LogP) is 3.14. The van der Waals surface area contributed by atoms with Crippen LogP contribution in [0.2, 0.25) is 5.02 Å². The molecule has 1 aliphatic rings. The molecule has 2 atom stereocenters. The average Bonchev–Trinajstić information content (AvgIpc) is 2.56. The summed E-state index contributed by atoms with van der Waals surface area (Å²) in [5.74, 6) is 0.407. The number of ether oxygens (including phenoxy) is 2. The molecule has 1 saturated heterocycles. The highest BCUT2D eigenvalue weighted by Crippen LogP contribution is 2.31. The van der Waals surface area contributed by atoms with Crippen LogP contribution in [0.4, 0.5) is 4.79 Å². The summed E-state index contributed by atoms with van der Waals surface area (Å²) in [6.07, 6.45) is 1.84. The van der Waals surface area contributed by atoms with Crippen LogP contribution in [0.1, 0.15) is 31.4 Å². The van der Waals surface area contributed by atoms with Gasteiger partial charge in [-0.05, 0) is 44.0 Å². The molecule has 6 heteroatoms. The van der Waals surface area contributed by atoms with Gasteiger partial charge in [-0.1, -0.05) is 23.7 Å². The van der Waals surface area contributed by atoms with E-state index in [1.54, 1.807) is 6.92 Å². The van der Waals surface area contributed by atoms with E-state index < -0.39 is 6.09 Å². The summed E-state index contributed by atoms with van der Waals surface area (Å²) in [6, 6.07) is 7.81. The summed E-state index contributed by atoms with van der Waals surface area (Å²) < 4.78 is 10.9. The normalized spacial score (nSPS) is 19.1.